The van der Waals surface area contributed by atoms with Crippen LogP contribution in [0.3, 0.4) is 0 Å². The highest BCUT2D eigenvalue weighted by molar-refractivity contribution is 14.0. The van der Waals surface area contributed by atoms with Gasteiger partial charge in [0.25, 0.3) is 0 Å². The maximum atomic E-state index is 5.13. The van der Waals surface area contributed by atoms with E-state index in [2.05, 4.69) is 58.8 Å². The summed E-state index contributed by atoms with van der Waals surface area (Å²) in [7, 11) is 1.67. The number of rotatable bonds is 7. The molecule has 1 aromatic carbocycles. The fourth-order valence-electron chi connectivity index (χ4n) is 3.23. The molecule has 0 fully saturated rings. The molecule has 1 aliphatic heterocycles. The van der Waals surface area contributed by atoms with Gasteiger partial charge in [0, 0.05) is 32.7 Å². The fourth-order valence-corrected chi connectivity index (χ4v) is 3.23. The number of benzene rings is 1. The molecule has 0 saturated carbocycles. The number of halogens is 1. The largest absolute Gasteiger partial charge is 0.377 e. The van der Waals surface area contributed by atoms with Gasteiger partial charge < -0.3 is 15.4 Å². The van der Waals surface area contributed by atoms with Gasteiger partial charge in [0.1, 0.15) is 12.4 Å². The van der Waals surface area contributed by atoms with E-state index in [1.165, 1.54) is 11.1 Å². The second-order valence-electron chi connectivity index (χ2n) is 6.94. The first-order valence-electron chi connectivity index (χ1n) is 9.70. The van der Waals surface area contributed by atoms with Crippen LogP contribution in [0, 0.1) is 6.92 Å². The lowest BCUT2D eigenvalue weighted by atomic mass is 10.1. The van der Waals surface area contributed by atoms with Crippen molar-refractivity contribution in [2.45, 2.75) is 52.3 Å². The van der Waals surface area contributed by atoms with Crippen molar-refractivity contribution in [2.75, 3.05) is 20.2 Å². The van der Waals surface area contributed by atoms with Gasteiger partial charge in [-0.25, -0.2) is 9.67 Å². The number of methoxy groups -OCH3 is 1. The number of nitrogens with one attached hydrogen (secondary N) is 2. The lowest BCUT2D eigenvalue weighted by molar-refractivity contribution is 0.177. The van der Waals surface area contributed by atoms with Crippen molar-refractivity contribution in [1.82, 2.24) is 25.4 Å². The Morgan fingerprint density at radius 1 is 1.32 bits per heavy atom. The molecule has 0 bridgehead atoms. The molecule has 28 heavy (non-hydrogen) atoms. The number of nitrogens with zero attached hydrogens (tertiary/aromatic N) is 4. The number of aryl methyl sites for hydroxylation is 2. The van der Waals surface area contributed by atoms with E-state index in [-0.39, 0.29) is 24.0 Å². The Kier molecular flexibility index (Phi) is 9.17. The van der Waals surface area contributed by atoms with Gasteiger partial charge in [0.05, 0.1) is 6.54 Å². The minimum Gasteiger partial charge on any atom is -0.377 e. The molecule has 2 N–H and O–H groups in total. The SMILES string of the molecule is CCNC(=NCCc1ccc(C)cc1)NC1CCc2nc(COC)nn2C1.I. The van der Waals surface area contributed by atoms with Crippen LogP contribution in [0.4, 0.5) is 0 Å². The van der Waals surface area contributed by atoms with Gasteiger partial charge >= 0.3 is 0 Å². The van der Waals surface area contributed by atoms with Crippen molar-refractivity contribution < 1.29 is 4.74 Å². The van der Waals surface area contributed by atoms with E-state index in [9.17, 15) is 0 Å². The maximum absolute atomic E-state index is 5.13. The molecule has 1 aromatic heterocycles. The zero-order valence-electron chi connectivity index (χ0n) is 16.9. The number of hydrogen-bond donors (Lipinski definition) is 2. The van der Waals surface area contributed by atoms with Crippen molar-refractivity contribution in [1.29, 1.82) is 0 Å². The monoisotopic (exact) mass is 498 g/mol. The first kappa shape index (κ1) is 22.6. The van der Waals surface area contributed by atoms with E-state index in [1.54, 1.807) is 7.11 Å². The Morgan fingerprint density at radius 2 is 2.11 bits per heavy atom. The summed E-state index contributed by atoms with van der Waals surface area (Å²) < 4.78 is 7.12. The Balaban J connectivity index is 0.00000280. The van der Waals surface area contributed by atoms with Crippen molar-refractivity contribution >= 4 is 29.9 Å². The fraction of sp³-hybridized carbons (Fsp3) is 0.550. The molecule has 3 rings (SSSR count). The van der Waals surface area contributed by atoms with E-state index < -0.39 is 0 Å². The van der Waals surface area contributed by atoms with Crippen LogP contribution in [-0.2, 0) is 30.7 Å². The molecule has 2 heterocycles. The molecule has 8 heteroatoms. The zero-order valence-corrected chi connectivity index (χ0v) is 19.3. The number of fused-ring (bicyclic) bond motifs is 1. The summed E-state index contributed by atoms with van der Waals surface area (Å²) in [4.78, 5) is 9.28. The average Bonchev–Trinajstić information content (AvgIpc) is 3.05. The van der Waals surface area contributed by atoms with Crippen LogP contribution in [0.15, 0.2) is 29.3 Å². The van der Waals surface area contributed by atoms with Gasteiger partial charge in [0.15, 0.2) is 11.8 Å². The third kappa shape index (κ3) is 6.44. The second-order valence-corrected chi connectivity index (χ2v) is 6.94. The predicted octanol–water partition coefficient (Wildman–Crippen LogP) is 2.46. The van der Waals surface area contributed by atoms with Crippen LogP contribution >= 0.6 is 24.0 Å². The third-order valence-corrected chi connectivity index (χ3v) is 4.65. The summed E-state index contributed by atoms with van der Waals surface area (Å²) >= 11 is 0. The van der Waals surface area contributed by atoms with E-state index in [0.29, 0.717) is 12.6 Å². The molecule has 0 radical (unpaired) electrons. The van der Waals surface area contributed by atoms with E-state index in [4.69, 9.17) is 9.73 Å². The van der Waals surface area contributed by atoms with Crippen LogP contribution < -0.4 is 10.6 Å². The maximum Gasteiger partial charge on any atom is 0.191 e. The van der Waals surface area contributed by atoms with Crippen molar-refractivity contribution in [2.24, 2.45) is 4.99 Å². The van der Waals surface area contributed by atoms with Crippen molar-refractivity contribution in [3.8, 4) is 0 Å². The van der Waals surface area contributed by atoms with E-state index in [0.717, 1.165) is 56.5 Å². The number of aliphatic imine (C=N–C) groups is 1. The standard InChI is InChI=1S/C20H30N6O.HI/c1-4-21-20(22-12-11-16-7-5-15(2)6-8-16)23-17-9-10-19-24-18(14-27-3)25-26(19)13-17;/h5-8,17H,4,9-14H2,1-3H3,(H2,21,22,23);1H. The Labute approximate surface area is 184 Å². The second kappa shape index (κ2) is 11.4. The molecule has 0 spiro atoms. The quantitative estimate of drug-likeness (QED) is 0.349. The van der Waals surface area contributed by atoms with Gasteiger partial charge in [-0.2, -0.15) is 5.10 Å². The first-order chi connectivity index (χ1) is 13.2. The number of guanidine groups is 1. The Hall–Kier alpha value is -1.68. The summed E-state index contributed by atoms with van der Waals surface area (Å²) in [6.45, 7) is 7.06. The minimum atomic E-state index is 0. The highest BCUT2D eigenvalue weighted by Gasteiger charge is 2.22. The molecule has 0 aliphatic carbocycles. The summed E-state index contributed by atoms with van der Waals surface area (Å²) in [5.41, 5.74) is 2.60. The molecule has 7 nitrogen and oxygen atoms in total. The average molecular weight is 498 g/mol. The molecular formula is C20H31IN6O. The molecule has 0 saturated heterocycles. The van der Waals surface area contributed by atoms with Crippen LogP contribution in [0.5, 0.6) is 0 Å². The van der Waals surface area contributed by atoms with Crippen LogP contribution in [0.25, 0.3) is 0 Å². The zero-order chi connectivity index (χ0) is 19.1. The minimum absolute atomic E-state index is 0. The predicted molar refractivity (Wildman–Crippen MR) is 122 cm³/mol. The molecular weight excluding hydrogens is 467 g/mol. The van der Waals surface area contributed by atoms with Gasteiger partial charge in [0.2, 0.25) is 0 Å². The Bertz CT molecular complexity index is 759. The van der Waals surface area contributed by atoms with Crippen molar-refractivity contribution in [3.63, 3.8) is 0 Å². The van der Waals surface area contributed by atoms with Gasteiger partial charge in [-0.05, 0) is 32.3 Å². The highest BCUT2D eigenvalue weighted by Crippen LogP contribution is 2.13. The number of ether oxygens (including phenoxy) is 1. The summed E-state index contributed by atoms with van der Waals surface area (Å²) in [6, 6.07) is 8.95. The smallest absolute Gasteiger partial charge is 0.191 e. The lowest BCUT2D eigenvalue weighted by Gasteiger charge is -2.25. The first-order valence-corrected chi connectivity index (χ1v) is 9.70. The van der Waals surface area contributed by atoms with Gasteiger partial charge in [-0.1, -0.05) is 29.8 Å². The highest BCUT2D eigenvalue weighted by atomic mass is 127. The van der Waals surface area contributed by atoms with Gasteiger partial charge in [-0.3, -0.25) is 4.99 Å². The summed E-state index contributed by atoms with van der Waals surface area (Å²) in [6.07, 6.45) is 2.87. The molecule has 1 aliphatic rings. The van der Waals surface area contributed by atoms with Crippen molar-refractivity contribution in [3.05, 3.63) is 47.0 Å². The lowest BCUT2D eigenvalue weighted by Crippen LogP contribution is -2.47. The van der Waals surface area contributed by atoms with E-state index >= 15 is 0 Å². The molecule has 1 unspecified atom stereocenters. The summed E-state index contributed by atoms with van der Waals surface area (Å²) in [5, 5.41) is 11.4. The molecule has 1 atom stereocenters. The third-order valence-electron chi connectivity index (χ3n) is 4.65. The number of aromatic nitrogens is 3. The normalized spacial score (nSPS) is 16.2. The number of hydrogen-bond acceptors (Lipinski definition) is 4. The molecule has 2 aromatic rings. The molecule has 0 amide bonds. The molecule has 154 valence electrons. The van der Waals surface area contributed by atoms with Crippen LogP contribution in [0.1, 0.15) is 36.1 Å². The van der Waals surface area contributed by atoms with Crippen LogP contribution in [-0.4, -0.2) is 47.0 Å². The van der Waals surface area contributed by atoms with E-state index in [1.807, 2.05) is 4.68 Å². The summed E-state index contributed by atoms with van der Waals surface area (Å²) in [5.74, 6) is 2.67. The van der Waals surface area contributed by atoms with Crippen LogP contribution in [0.2, 0.25) is 0 Å². The Morgan fingerprint density at radius 3 is 2.82 bits per heavy atom. The topological polar surface area (TPSA) is 76.4 Å². The van der Waals surface area contributed by atoms with Gasteiger partial charge in [-0.15, -0.1) is 24.0 Å².